The van der Waals surface area contributed by atoms with Crippen LogP contribution >= 0.6 is 0 Å². The molecule has 2 aliphatic heterocycles. The summed E-state index contributed by atoms with van der Waals surface area (Å²) in [5, 5.41) is 7.09. The fraction of sp³-hybridized carbons (Fsp3) is 0.600. The maximum Gasteiger partial charge on any atom is 0.0946 e. The van der Waals surface area contributed by atoms with Crippen molar-refractivity contribution < 1.29 is 4.74 Å². The molecule has 0 bridgehead atoms. The van der Waals surface area contributed by atoms with Crippen LogP contribution in [0.5, 0.6) is 0 Å². The summed E-state index contributed by atoms with van der Waals surface area (Å²) in [6, 6.07) is 12.1. The van der Waals surface area contributed by atoms with Crippen molar-refractivity contribution in [2.24, 2.45) is 0 Å². The van der Waals surface area contributed by atoms with E-state index in [4.69, 9.17) is 4.74 Å². The second-order valence-electron chi connectivity index (χ2n) is 6.02. The smallest absolute Gasteiger partial charge is 0.0946 e. The molecular weight excluding hydrogens is 224 g/mol. The second kappa shape index (κ2) is 4.05. The number of hydrogen-bond acceptors (Lipinski definition) is 3. The van der Waals surface area contributed by atoms with E-state index in [2.05, 4.69) is 41.0 Å². The lowest BCUT2D eigenvalue weighted by molar-refractivity contribution is -0.0360. The van der Waals surface area contributed by atoms with Gasteiger partial charge in [-0.2, -0.15) is 0 Å². The Hall–Kier alpha value is -0.900. The van der Waals surface area contributed by atoms with Crippen molar-refractivity contribution >= 4 is 0 Å². The van der Waals surface area contributed by atoms with Gasteiger partial charge in [0.2, 0.25) is 0 Å². The van der Waals surface area contributed by atoms with Gasteiger partial charge in [-0.3, -0.25) is 0 Å². The molecule has 18 heavy (non-hydrogen) atoms. The molecule has 0 radical (unpaired) electrons. The van der Waals surface area contributed by atoms with Gasteiger partial charge in [-0.15, -0.1) is 0 Å². The van der Waals surface area contributed by atoms with E-state index in [0.29, 0.717) is 12.1 Å². The van der Waals surface area contributed by atoms with Gasteiger partial charge in [-0.25, -0.2) is 0 Å². The molecule has 1 spiro atoms. The third-order valence-corrected chi connectivity index (χ3v) is 4.57. The standard InChI is InChI=1S/C15H20N2O/c1-2-4-11(5-3-1)13-6-14(13)17-12-7-15(18-8-12)9-16-10-15/h1-5,12-14,16-17H,6-10H2/t12-,13-,14+/m0/s1. The summed E-state index contributed by atoms with van der Waals surface area (Å²) < 4.78 is 5.93. The quantitative estimate of drug-likeness (QED) is 0.840. The highest BCUT2D eigenvalue weighted by atomic mass is 16.5. The van der Waals surface area contributed by atoms with Crippen LogP contribution in [0, 0.1) is 0 Å². The molecular formula is C15H20N2O. The molecule has 1 aliphatic carbocycles. The molecule has 2 N–H and O–H groups in total. The highest BCUT2D eigenvalue weighted by Crippen LogP contribution is 2.42. The Labute approximate surface area is 108 Å². The van der Waals surface area contributed by atoms with E-state index >= 15 is 0 Å². The summed E-state index contributed by atoms with van der Waals surface area (Å²) in [6.07, 6.45) is 2.46. The number of rotatable bonds is 3. The maximum absolute atomic E-state index is 5.93. The van der Waals surface area contributed by atoms with Crippen LogP contribution in [0.25, 0.3) is 0 Å². The first kappa shape index (κ1) is 11.0. The minimum absolute atomic E-state index is 0.175. The maximum atomic E-state index is 5.93. The molecule has 3 heteroatoms. The van der Waals surface area contributed by atoms with Crippen molar-refractivity contribution in [2.45, 2.75) is 36.4 Å². The minimum Gasteiger partial charge on any atom is -0.371 e. The van der Waals surface area contributed by atoms with Crippen LogP contribution in [0.3, 0.4) is 0 Å². The summed E-state index contributed by atoms with van der Waals surface area (Å²) in [5.41, 5.74) is 1.66. The molecule has 0 aromatic heterocycles. The summed E-state index contributed by atoms with van der Waals surface area (Å²) in [4.78, 5) is 0. The van der Waals surface area contributed by atoms with Crippen molar-refractivity contribution in [1.29, 1.82) is 0 Å². The molecule has 2 saturated heterocycles. The molecule has 96 valence electrons. The predicted octanol–water partition coefficient (Wildman–Crippen LogP) is 1.26. The van der Waals surface area contributed by atoms with Crippen molar-refractivity contribution in [1.82, 2.24) is 10.6 Å². The Morgan fingerprint density at radius 1 is 1.22 bits per heavy atom. The first-order chi connectivity index (χ1) is 8.85. The van der Waals surface area contributed by atoms with Crippen molar-refractivity contribution in [3.63, 3.8) is 0 Å². The van der Waals surface area contributed by atoms with Gasteiger partial charge in [0.1, 0.15) is 0 Å². The topological polar surface area (TPSA) is 33.3 Å². The molecule has 3 atom stereocenters. The number of hydrogen-bond donors (Lipinski definition) is 2. The molecule has 1 saturated carbocycles. The number of ether oxygens (including phenoxy) is 1. The monoisotopic (exact) mass is 244 g/mol. The van der Waals surface area contributed by atoms with Crippen LogP contribution in [0.2, 0.25) is 0 Å². The summed E-state index contributed by atoms with van der Waals surface area (Å²) in [5.74, 6) is 0.724. The Morgan fingerprint density at radius 2 is 2.06 bits per heavy atom. The first-order valence-corrected chi connectivity index (χ1v) is 7.00. The molecule has 1 aromatic carbocycles. The van der Waals surface area contributed by atoms with Gasteiger partial charge in [0.15, 0.2) is 0 Å². The minimum atomic E-state index is 0.175. The average Bonchev–Trinajstić information content (AvgIpc) is 2.97. The molecule has 0 amide bonds. The fourth-order valence-electron chi connectivity index (χ4n) is 3.35. The highest BCUT2D eigenvalue weighted by Gasteiger charge is 2.47. The van der Waals surface area contributed by atoms with Crippen LogP contribution in [0.4, 0.5) is 0 Å². The van der Waals surface area contributed by atoms with Gasteiger partial charge in [0.05, 0.1) is 12.2 Å². The number of benzene rings is 1. The third-order valence-electron chi connectivity index (χ3n) is 4.57. The lowest BCUT2D eigenvalue weighted by Crippen LogP contribution is -2.59. The van der Waals surface area contributed by atoms with Gasteiger partial charge in [-0.05, 0) is 18.4 Å². The Balaban J connectivity index is 1.33. The number of nitrogens with one attached hydrogen (secondary N) is 2. The lowest BCUT2D eigenvalue weighted by atomic mass is 9.92. The summed E-state index contributed by atoms with van der Waals surface area (Å²) in [6.45, 7) is 2.97. The van der Waals surface area contributed by atoms with Crippen LogP contribution in [-0.2, 0) is 4.74 Å². The summed E-state index contributed by atoms with van der Waals surface area (Å²) >= 11 is 0. The van der Waals surface area contributed by atoms with Gasteiger partial charge >= 0.3 is 0 Å². The SMILES string of the molecule is c1ccc([C@@H]2C[C@H]2N[C@@H]2COC3(CNC3)C2)cc1. The average molecular weight is 244 g/mol. The van der Waals surface area contributed by atoms with Crippen molar-refractivity contribution in [2.75, 3.05) is 19.7 Å². The zero-order valence-electron chi connectivity index (χ0n) is 10.6. The van der Waals surface area contributed by atoms with Gasteiger partial charge < -0.3 is 15.4 Å². The largest absolute Gasteiger partial charge is 0.371 e. The van der Waals surface area contributed by atoms with Crippen molar-refractivity contribution in [3.05, 3.63) is 35.9 Å². The molecule has 3 nitrogen and oxygen atoms in total. The highest BCUT2D eigenvalue weighted by molar-refractivity contribution is 5.28. The molecule has 0 unspecified atom stereocenters. The van der Waals surface area contributed by atoms with Gasteiger partial charge in [0.25, 0.3) is 0 Å². The Kier molecular flexibility index (Phi) is 2.47. The zero-order valence-corrected chi connectivity index (χ0v) is 10.6. The third kappa shape index (κ3) is 1.87. The van der Waals surface area contributed by atoms with E-state index in [-0.39, 0.29) is 5.60 Å². The van der Waals surface area contributed by atoms with E-state index < -0.39 is 0 Å². The van der Waals surface area contributed by atoms with E-state index in [1.807, 2.05) is 0 Å². The second-order valence-corrected chi connectivity index (χ2v) is 6.02. The normalized spacial score (nSPS) is 36.6. The van der Waals surface area contributed by atoms with Crippen molar-refractivity contribution in [3.8, 4) is 0 Å². The predicted molar refractivity (Wildman–Crippen MR) is 70.7 cm³/mol. The van der Waals surface area contributed by atoms with E-state index in [9.17, 15) is 0 Å². The van der Waals surface area contributed by atoms with Crippen LogP contribution < -0.4 is 10.6 Å². The molecule has 1 aromatic rings. The van der Waals surface area contributed by atoms with Crippen LogP contribution in [0.15, 0.2) is 30.3 Å². The van der Waals surface area contributed by atoms with Gasteiger partial charge in [-0.1, -0.05) is 30.3 Å². The Bertz CT molecular complexity index is 429. The first-order valence-electron chi connectivity index (χ1n) is 7.00. The molecule has 4 rings (SSSR count). The lowest BCUT2D eigenvalue weighted by Gasteiger charge is -2.38. The van der Waals surface area contributed by atoms with E-state index in [1.165, 1.54) is 18.4 Å². The molecule has 2 heterocycles. The Morgan fingerprint density at radius 3 is 2.72 bits per heavy atom. The van der Waals surface area contributed by atoms with Gasteiger partial charge in [0, 0.05) is 31.1 Å². The van der Waals surface area contributed by atoms with E-state index in [1.54, 1.807) is 0 Å². The molecule has 3 aliphatic rings. The zero-order chi connectivity index (χ0) is 12.0. The summed E-state index contributed by atoms with van der Waals surface area (Å²) in [7, 11) is 0. The molecule has 3 fully saturated rings. The van der Waals surface area contributed by atoms with E-state index in [0.717, 1.165) is 25.6 Å². The van der Waals surface area contributed by atoms with Crippen LogP contribution in [0.1, 0.15) is 24.3 Å². The van der Waals surface area contributed by atoms with Crippen LogP contribution in [-0.4, -0.2) is 37.4 Å². The fourth-order valence-corrected chi connectivity index (χ4v) is 3.35.